The third kappa shape index (κ3) is 7.90. The molecule has 2 aliphatic heterocycles. The number of aryl methyl sites for hydroxylation is 1. The van der Waals surface area contributed by atoms with Crippen LogP contribution in [0.3, 0.4) is 0 Å². The summed E-state index contributed by atoms with van der Waals surface area (Å²) in [5.41, 5.74) is 5.93. The molecule has 2 aromatic carbocycles. The van der Waals surface area contributed by atoms with Gasteiger partial charge in [0.1, 0.15) is 0 Å². The molecule has 48 heavy (non-hydrogen) atoms. The second-order valence-corrected chi connectivity index (χ2v) is 17.7. The summed E-state index contributed by atoms with van der Waals surface area (Å²) in [5, 5.41) is 7.71. The number of anilines is 5. The van der Waals surface area contributed by atoms with E-state index in [0.29, 0.717) is 22.3 Å². The number of likely N-dealkylation sites (N-methyl/N-ethyl adjacent to an activating group) is 1. The molecule has 0 amide bonds. The van der Waals surface area contributed by atoms with Crippen molar-refractivity contribution in [1.82, 2.24) is 29.7 Å². The number of hydrogen-bond donors (Lipinski definition) is 3. The van der Waals surface area contributed by atoms with Crippen molar-refractivity contribution in [3.8, 4) is 16.9 Å². The van der Waals surface area contributed by atoms with Gasteiger partial charge in [-0.15, -0.1) is 0 Å². The molecule has 0 aliphatic carbocycles. The summed E-state index contributed by atoms with van der Waals surface area (Å²) < 4.78 is 6.61. The molecule has 0 saturated carbocycles. The average molecular weight is 737 g/mol. The van der Waals surface area contributed by atoms with Gasteiger partial charge in [-0.3, -0.25) is 4.90 Å². The molecule has 0 bridgehead atoms. The Balaban J connectivity index is 1.21. The minimum absolute atomic E-state index is 0.432. The fourth-order valence-corrected chi connectivity index (χ4v) is 8.27. The number of nitrogens with one attached hydrogen (secondary N) is 2. The third-order valence-electron chi connectivity index (χ3n) is 9.46. The number of hydrogen-bond acceptors (Lipinski definition) is 11. The first-order valence-electron chi connectivity index (χ1n) is 16.7. The standard InChI is InChI=1S/C35H47BrN9O2P/c1-6-24-17-30(32(47-3)19-31(24)45-11-9-27(10-12-45)44-15-13-43(2)14-16-44)41-35-39-22-28(36)34(42-35)40-29-8-7-25(18-33(29)48(4,5)46)26-20-37-23-38-21-26/h7-8,17-23,27,46,48H,6,9-16H2,1-5H3,(H2,39,40,41,42). The number of piperidine rings is 1. The maximum absolute atomic E-state index is 11.2. The first-order valence-corrected chi connectivity index (χ1v) is 20.4. The molecule has 6 rings (SSSR count). The molecular formula is C35H47BrN9O2P. The number of nitrogens with zero attached hydrogens (tertiary/aromatic N) is 7. The molecule has 2 aromatic heterocycles. The van der Waals surface area contributed by atoms with Crippen LogP contribution < -0.4 is 25.6 Å². The van der Waals surface area contributed by atoms with Gasteiger partial charge in [-0.1, -0.05) is 0 Å². The fourth-order valence-electron chi connectivity index (χ4n) is 6.67. The molecule has 2 aliphatic rings. The number of methoxy groups -OCH3 is 1. The summed E-state index contributed by atoms with van der Waals surface area (Å²) in [6, 6.07) is 11.0. The number of aromatic nitrogens is 4. The summed E-state index contributed by atoms with van der Waals surface area (Å²) in [5.74, 6) is 1.76. The van der Waals surface area contributed by atoms with Gasteiger partial charge in [-0.05, 0) is 19.9 Å². The van der Waals surface area contributed by atoms with Gasteiger partial charge in [-0.2, -0.15) is 0 Å². The molecule has 0 spiro atoms. The van der Waals surface area contributed by atoms with Gasteiger partial charge in [0.2, 0.25) is 0 Å². The second kappa shape index (κ2) is 15.0. The molecule has 4 aromatic rings. The summed E-state index contributed by atoms with van der Waals surface area (Å²) in [4.78, 5) is 36.6. The molecule has 4 heterocycles. The first-order chi connectivity index (χ1) is 23.1. The van der Waals surface area contributed by atoms with E-state index in [0.717, 1.165) is 66.2 Å². The molecular weight excluding hydrogens is 689 g/mol. The minimum Gasteiger partial charge on any atom is -0.304 e. The van der Waals surface area contributed by atoms with Crippen LogP contribution >= 0.6 is 23.4 Å². The summed E-state index contributed by atoms with van der Waals surface area (Å²) in [6.07, 6.45) is 10.0. The molecule has 0 atom stereocenters. The van der Waals surface area contributed by atoms with Crippen molar-refractivity contribution >= 4 is 57.6 Å². The van der Waals surface area contributed by atoms with E-state index in [9.17, 15) is 4.89 Å². The van der Waals surface area contributed by atoms with Gasteiger partial charge in [0.05, 0.1) is 0 Å². The van der Waals surface area contributed by atoms with Crippen LogP contribution in [0.15, 0.2) is 59.7 Å². The third-order valence-corrected chi connectivity index (χ3v) is 11.8. The Morgan fingerprint density at radius 1 is 0.938 bits per heavy atom. The monoisotopic (exact) mass is 735 g/mol. The maximum atomic E-state index is 11.2. The van der Waals surface area contributed by atoms with E-state index < -0.39 is 7.49 Å². The fraction of sp³-hybridized carbons (Fsp3) is 0.429. The molecule has 11 nitrogen and oxygen atoms in total. The van der Waals surface area contributed by atoms with Crippen molar-refractivity contribution in [1.29, 1.82) is 0 Å². The Labute approximate surface area is 292 Å². The van der Waals surface area contributed by atoms with E-state index in [-0.39, 0.29) is 0 Å². The number of benzene rings is 2. The van der Waals surface area contributed by atoms with Crippen molar-refractivity contribution in [3.63, 3.8) is 0 Å². The van der Waals surface area contributed by atoms with Crippen LogP contribution in [0, 0.1) is 0 Å². The van der Waals surface area contributed by atoms with Crippen LogP contribution in [-0.2, 0) is 6.42 Å². The van der Waals surface area contributed by atoms with Crippen LogP contribution in [0.4, 0.5) is 28.8 Å². The van der Waals surface area contributed by atoms with Crippen LogP contribution in [0.1, 0.15) is 25.3 Å². The topological polar surface area (TPSA) is 115 Å². The number of ether oxygens (including phenoxy) is 1. The molecule has 3 N–H and O–H groups in total. The number of piperazine rings is 1. The van der Waals surface area contributed by atoms with Crippen molar-refractivity contribution < 1.29 is 9.63 Å². The van der Waals surface area contributed by atoms with Crippen molar-refractivity contribution in [2.75, 3.05) is 82.3 Å². The zero-order valence-electron chi connectivity index (χ0n) is 28.5. The van der Waals surface area contributed by atoms with Crippen molar-refractivity contribution in [3.05, 3.63) is 65.3 Å². The predicted octanol–water partition coefficient (Wildman–Crippen LogP) is 5.51. The molecule has 2 fully saturated rings. The SMILES string of the molecule is CCc1cc(Nc2ncc(Br)c(Nc3ccc(-c4cncnc4)cc3[PH](C)(C)O)n2)c(OC)cc1N1CCC(N2CCN(C)CC2)CC1. The molecule has 256 valence electrons. The first kappa shape index (κ1) is 34.5. The average Bonchev–Trinajstić information content (AvgIpc) is 3.10. The van der Waals surface area contributed by atoms with Gasteiger partial charge in [0.15, 0.2) is 0 Å². The van der Waals surface area contributed by atoms with Gasteiger partial charge in [-0.25, -0.2) is 0 Å². The normalized spacial score (nSPS) is 16.9. The summed E-state index contributed by atoms with van der Waals surface area (Å²) >= 11 is 3.62. The van der Waals surface area contributed by atoms with E-state index in [4.69, 9.17) is 9.72 Å². The van der Waals surface area contributed by atoms with Gasteiger partial charge < -0.3 is 4.90 Å². The predicted molar refractivity (Wildman–Crippen MR) is 202 cm³/mol. The number of rotatable bonds is 10. The summed E-state index contributed by atoms with van der Waals surface area (Å²) in [6.45, 7) is 12.7. The van der Waals surface area contributed by atoms with Gasteiger partial charge >= 0.3 is 219 Å². The van der Waals surface area contributed by atoms with Crippen molar-refractivity contribution in [2.24, 2.45) is 0 Å². The quantitative estimate of drug-likeness (QED) is 0.179. The minimum atomic E-state index is -2.75. The van der Waals surface area contributed by atoms with E-state index in [1.54, 1.807) is 25.7 Å². The smallest absolute Gasteiger partial charge is 0.304 e. The van der Waals surface area contributed by atoms with Crippen molar-refractivity contribution in [2.45, 2.75) is 32.2 Å². The van der Waals surface area contributed by atoms with E-state index >= 15 is 0 Å². The van der Waals surface area contributed by atoms with Gasteiger partial charge in [0, 0.05) is 45.3 Å². The van der Waals surface area contributed by atoms with Crippen LogP contribution in [0.2, 0.25) is 0 Å². The molecule has 0 radical (unpaired) electrons. The Kier molecular flexibility index (Phi) is 10.8. The van der Waals surface area contributed by atoms with E-state index in [2.05, 4.69) is 82.3 Å². The second-order valence-electron chi connectivity index (χ2n) is 13.2. The molecule has 2 saturated heterocycles. The Morgan fingerprint density at radius 2 is 1.67 bits per heavy atom. The Bertz CT molecular complexity index is 1710. The van der Waals surface area contributed by atoms with E-state index in [1.807, 2.05) is 31.5 Å². The zero-order valence-corrected chi connectivity index (χ0v) is 31.1. The Hall–Kier alpha value is -3.41. The van der Waals surface area contributed by atoms with E-state index in [1.165, 1.54) is 43.5 Å². The summed E-state index contributed by atoms with van der Waals surface area (Å²) in [7, 11) is 1.18. The Morgan fingerprint density at radius 3 is 2.33 bits per heavy atom. The van der Waals surface area contributed by atoms with Crippen LogP contribution in [-0.4, -0.2) is 107 Å². The van der Waals surface area contributed by atoms with Crippen LogP contribution in [0.25, 0.3) is 11.1 Å². The van der Waals surface area contributed by atoms with Gasteiger partial charge in [0.25, 0.3) is 0 Å². The zero-order chi connectivity index (χ0) is 33.8. The molecule has 0 unspecified atom stereocenters. The molecule has 13 heteroatoms. The number of halogens is 1. The van der Waals surface area contributed by atoms with Crippen LogP contribution in [0.5, 0.6) is 5.75 Å².